The van der Waals surface area contributed by atoms with E-state index in [0.29, 0.717) is 6.42 Å². The van der Waals surface area contributed by atoms with E-state index in [2.05, 4.69) is 10.6 Å². The van der Waals surface area contributed by atoms with E-state index in [4.69, 9.17) is 0 Å². The zero-order chi connectivity index (χ0) is 19.1. The molecule has 1 fully saturated rings. The predicted octanol–water partition coefficient (Wildman–Crippen LogP) is 1.27. The molecule has 0 bridgehead atoms. The van der Waals surface area contributed by atoms with Crippen molar-refractivity contribution in [2.45, 2.75) is 24.9 Å². The fraction of sp³-hybridized carbons (Fsp3) is 0.529. The fourth-order valence-corrected chi connectivity index (χ4v) is 3.36. The third kappa shape index (κ3) is 5.18. The number of nitro groups is 1. The van der Waals surface area contributed by atoms with Crippen LogP contribution >= 0.6 is 11.8 Å². The summed E-state index contributed by atoms with van der Waals surface area (Å²) in [5.41, 5.74) is 0.0186. The second-order valence-electron chi connectivity index (χ2n) is 6.21. The van der Waals surface area contributed by atoms with E-state index in [1.165, 1.54) is 24.3 Å². The summed E-state index contributed by atoms with van der Waals surface area (Å²) in [5.74, 6) is 0.111. The Morgan fingerprint density at radius 1 is 1.50 bits per heavy atom. The predicted molar refractivity (Wildman–Crippen MR) is 101 cm³/mol. The topological polar surface area (TPSA) is 105 Å². The van der Waals surface area contributed by atoms with Gasteiger partial charge in [0.25, 0.3) is 11.6 Å². The zero-order valence-electron chi connectivity index (χ0n) is 14.9. The van der Waals surface area contributed by atoms with Crippen LogP contribution in [-0.2, 0) is 4.79 Å². The van der Waals surface area contributed by atoms with Crippen molar-refractivity contribution in [1.82, 2.24) is 15.5 Å². The quantitative estimate of drug-likeness (QED) is 0.520. The molecule has 0 aromatic heterocycles. The Hall–Kier alpha value is -2.13. The molecule has 1 aromatic rings. The number of likely N-dealkylation sites (N-methyl/N-ethyl adjacent to an activating group) is 1. The summed E-state index contributed by atoms with van der Waals surface area (Å²) in [5, 5.41) is 16.9. The van der Waals surface area contributed by atoms with E-state index in [0.717, 1.165) is 25.3 Å². The van der Waals surface area contributed by atoms with Crippen LogP contribution in [-0.4, -0.2) is 65.9 Å². The van der Waals surface area contributed by atoms with Gasteiger partial charge in [-0.25, -0.2) is 0 Å². The van der Waals surface area contributed by atoms with Crippen molar-refractivity contribution in [3.8, 4) is 0 Å². The van der Waals surface area contributed by atoms with Crippen molar-refractivity contribution in [2.24, 2.45) is 0 Å². The van der Waals surface area contributed by atoms with Gasteiger partial charge in [-0.2, -0.15) is 11.8 Å². The molecule has 0 aliphatic carbocycles. The molecule has 0 spiro atoms. The van der Waals surface area contributed by atoms with Crippen LogP contribution in [0.3, 0.4) is 0 Å². The molecule has 2 atom stereocenters. The molecule has 142 valence electrons. The molecule has 2 rings (SSSR count). The Morgan fingerprint density at radius 2 is 2.27 bits per heavy atom. The molecular weight excluding hydrogens is 356 g/mol. The minimum Gasteiger partial charge on any atom is -0.340 e. The third-order valence-electron chi connectivity index (χ3n) is 4.46. The molecule has 8 nitrogen and oxygen atoms in total. The van der Waals surface area contributed by atoms with Gasteiger partial charge in [-0.15, -0.1) is 0 Å². The summed E-state index contributed by atoms with van der Waals surface area (Å²) in [4.78, 5) is 37.4. The lowest BCUT2D eigenvalue weighted by molar-refractivity contribution is -0.384. The minimum atomic E-state index is -0.653. The van der Waals surface area contributed by atoms with Crippen LogP contribution in [0.15, 0.2) is 24.3 Å². The fourth-order valence-electron chi connectivity index (χ4n) is 2.89. The molecular formula is C17H24N4O4S. The molecule has 0 saturated carbocycles. The van der Waals surface area contributed by atoms with Gasteiger partial charge in [0.1, 0.15) is 6.04 Å². The van der Waals surface area contributed by atoms with Crippen LogP contribution in [0.4, 0.5) is 5.69 Å². The van der Waals surface area contributed by atoms with Crippen molar-refractivity contribution >= 4 is 29.3 Å². The first-order valence-electron chi connectivity index (χ1n) is 8.45. The largest absolute Gasteiger partial charge is 0.340 e. The Bertz CT molecular complexity index is 664. The number of carbonyl (C=O) groups is 2. The van der Waals surface area contributed by atoms with Gasteiger partial charge in [0.15, 0.2) is 0 Å². The van der Waals surface area contributed by atoms with Crippen LogP contribution < -0.4 is 10.6 Å². The number of nitro benzene ring substituents is 1. The Labute approximate surface area is 156 Å². The molecule has 2 N–H and O–H groups in total. The summed E-state index contributed by atoms with van der Waals surface area (Å²) in [6.07, 6.45) is 3.33. The Morgan fingerprint density at radius 3 is 2.88 bits per heavy atom. The Kier molecular flexibility index (Phi) is 7.40. The molecule has 9 heteroatoms. The number of hydrogen-bond acceptors (Lipinski definition) is 6. The van der Waals surface area contributed by atoms with Crippen molar-refractivity contribution in [3.63, 3.8) is 0 Å². The van der Waals surface area contributed by atoms with Crippen LogP contribution in [0.2, 0.25) is 0 Å². The van der Waals surface area contributed by atoms with Gasteiger partial charge < -0.3 is 15.5 Å². The highest BCUT2D eigenvalue weighted by Gasteiger charge is 2.29. The number of nitrogens with zero attached hydrogens (tertiary/aromatic N) is 2. The molecule has 1 heterocycles. The van der Waals surface area contributed by atoms with Crippen molar-refractivity contribution < 1.29 is 14.5 Å². The molecule has 26 heavy (non-hydrogen) atoms. The maximum absolute atomic E-state index is 12.8. The van der Waals surface area contributed by atoms with Crippen molar-refractivity contribution in [3.05, 3.63) is 39.9 Å². The maximum atomic E-state index is 12.8. The number of hydrogen-bond donors (Lipinski definition) is 2. The molecule has 1 saturated heterocycles. The third-order valence-corrected chi connectivity index (χ3v) is 5.11. The molecule has 2 amide bonds. The molecule has 1 aliphatic rings. The summed E-state index contributed by atoms with van der Waals surface area (Å²) in [7, 11) is 1.76. The number of carbonyl (C=O) groups excluding carboxylic acids is 2. The number of rotatable bonds is 8. The van der Waals surface area contributed by atoms with Crippen molar-refractivity contribution in [2.75, 3.05) is 32.1 Å². The summed E-state index contributed by atoms with van der Waals surface area (Å²) in [6.45, 7) is 1.62. The minimum absolute atomic E-state index is 0.119. The molecule has 1 aliphatic heterocycles. The van der Waals surface area contributed by atoms with Crippen LogP contribution in [0.25, 0.3) is 0 Å². The average molecular weight is 380 g/mol. The summed E-state index contributed by atoms with van der Waals surface area (Å²) in [6, 6.07) is 4.98. The van der Waals surface area contributed by atoms with E-state index >= 15 is 0 Å². The van der Waals surface area contributed by atoms with E-state index < -0.39 is 16.9 Å². The van der Waals surface area contributed by atoms with E-state index in [9.17, 15) is 19.7 Å². The van der Waals surface area contributed by atoms with Gasteiger partial charge in [0.05, 0.1) is 4.92 Å². The second-order valence-corrected chi connectivity index (χ2v) is 7.20. The van der Waals surface area contributed by atoms with Gasteiger partial charge in [0.2, 0.25) is 5.91 Å². The smallest absolute Gasteiger partial charge is 0.270 e. The van der Waals surface area contributed by atoms with Crippen molar-refractivity contribution in [1.29, 1.82) is 0 Å². The normalized spacial score (nSPS) is 17.5. The highest BCUT2D eigenvalue weighted by atomic mass is 32.2. The lowest BCUT2D eigenvalue weighted by atomic mass is 10.1. The monoisotopic (exact) mass is 380 g/mol. The highest BCUT2D eigenvalue weighted by Crippen LogP contribution is 2.15. The lowest BCUT2D eigenvalue weighted by Crippen LogP contribution is -2.51. The maximum Gasteiger partial charge on any atom is 0.270 e. The van der Waals surface area contributed by atoms with E-state index in [-0.39, 0.29) is 23.2 Å². The summed E-state index contributed by atoms with van der Waals surface area (Å²) < 4.78 is 0. The SMILES string of the molecule is CSCCC(NC(=O)c1cccc([N+](=O)[O-])c1)C(=O)N(C)C1CCNC1. The van der Waals surface area contributed by atoms with Gasteiger partial charge in [-0.05, 0) is 37.5 Å². The molecule has 2 unspecified atom stereocenters. The first-order valence-corrected chi connectivity index (χ1v) is 9.85. The number of benzene rings is 1. The van der Waals surface area contributed by atoms with Gasteiger partial charge in [-0.3, -0.25) is 19.7 Å². The highest BCUT2D eigenvalue weighted by molar-refractivity contribution is 7.98. The Balaban J connectivity index is 2.10. The van der Waals surface area contributed by atoms with E-state index in [1.807, 2.05) is 6.26 Å². The first kappa shape index (κ1) is 20.2. The molecule has 1 aromatic carbocycles. The lowest BCUT2D eigenvalue weighted by Gasteiger charge is -2.28. The van der Waals surface area contributed by atoms with Crippen LogP contribution in [0.1, 0.15) is 23.2 Å². The van der Waals surface area contributed by atoms with Gasteiger partial charge in [0, 0.05) is 37.3 Å². The van der Waals surface area contributed by atoms with Crippen LogP contribution in [0.5, 0.6) is 0 Å². The standard InChI is InChI=1S/C17H24N4O4S/c1-20(14-6-8-18-11-14)17(23)15(7-9-26-2)19-16(22)12-4-3-5-13(10-12)21(24)25/h3-5,10,14-15,18H,6-9,11H2,1-2H3,(H,19,22). The van der Waals surface area contributed by atoms with E-state index in [1.54, 1.807) is 23.7 Å². The van der Waals surface area contributed by atoms with Gasteiger partial charge in [-0.1, -0.05) is 6.07 Å². The molecule has 0 radical (unpaired) electrons. The van der Waals surface area contributed by atoms with Gasteiger partial charge >= 0.3 is 0 Å². The zero-order valence-corrected chi connectivity index (χ0v) is 15.8. The summed E-state index contributed by atoms with van der Waals surface area (Å²) >= 11 is 1.60. The number of nitrogens with one attached hydrogen (secondary N) is 2. The number of thioether (sulfide) groups is 1. The first-order chi connectivity index (χ1) is 12.4. The number of amides is 2. The number of non-ortho nitro benzene ring substituents is 1. The average Bonchev–Trinajstić information content (AvgIpc) is 3.18. The van der Waals surface area contributed by atoms with Crippen LogP contribution in [0, 0.1) is 10.1 Å². The second kappa shape index (κ2) is 9.54.